The van der Waals surface area contributed by atoms with E-state index < -0.39 is 10.8 Å². The summed E-state index contributed by atoms with van der Waals surface area (Å²) in [4.78, 5) is 27.7. The number of aryl methyl sites for hydroxylation is 1. The van der Waals surface area contributed by atoms with E-state index in [9.17, 15) is 20.2 Å². The molecule has 1 aromatic heterocycles. The maximum absolute atomic E-state index is 12.4. The van der Waals surface area contributed by atoms with Gasteiger partial charge in [-0.25, -0.2) is 4.98 Å². The van der Waals surface area contributed by atoms with Crippen LogP contribution in [0.1, 0.15) is 35.7 Å². The fraction of sp³-hybridized carbons (Fsp3) is 0.350. The summed E-state index contributed by atoms with van der Waals surface area (Å²) in [5.74, 6) is -0.0567. The number of pyridine rings is 1. The minimum absolute atomic E-state index is 0.00965. The van der Waals surface area contributed by atoms with E-state index in [4.69, 9.17) is 4.74 Å². The number of carbonyl (C=O) groups excluding carboxylic acids is 1. The van der Waals surface area contributed by atoms with Crippen molar-refractivity contribution in [3.8, 4) is 11.8 Å². The molecule has 3 rings (SSSR count). The van der Waals surface area contributed by atoms with E-state index in [1.165, 1.54) is 12.1 Å². The van der Waals surface area contributed by atoms with Crippen LogP contribution < -0.4 is 10.1 Å². The maximum atomic E-state index is 12.4. The molecule has 8 nitrogen and oxygen atoms in total. The van der Waals surface area contributed by atoms with Gasteiger partial charge < -0.3 is 10.1 Å². The minimum Gasteiger partial charge on any atom is -0.494 e. The highest BCUT2D eigenvalue weighted by atomic mass is 32.2. The molecule has 1 aliphatic carbocycles. The minimum atomic E-state index is -0.565. The zero-order valence-corrected chi connectivity index (χ0v) is 17.0. The van der Waals surface area contributed by atoms with Crippen molar-refractivity contribution in [2.24, 2.45) is 0 Å². The molecule has 29 heavy (non-hydrogen) atoms. The first-order chi connectivity index (χ1) is 13.9. The third-order valence-corrected chi connectivity index (χ3v) is 5.64. The van der Waals surface area contributed by atoms with Crippen LogP contribution in [0.15, 0.2) is 23.2 Å². The van der Waals surface area contributed by atoms with E-state index in [-0.39, 0.29) is 17.1 Å². The predicted molar refractivity (Wildman–Crippen MR) is 109 cm³/mol. The number of thioether (sulfide) groups is 1. The number of hydrogen-bond donors (Lipinski definition) is 1. The lowest BCUT2D eigenvalue weighted by molar-refractivity contribution is -0.384. The first-order valence-corrected chi connectivity index (χ1v) is 10.2. The number of nitro groups is 1. The number of fused-ring (bicyclic) bond motifs is 1. The molecule has 1 aliphatic rings. The number of amides is 1. The predicted octanol–water partition coefficient (Wildman–Crippen LogP) is 3.79. The monoisotopic (exact) mass is 412 g/mol. The summed E-state index contributed by atoms with van der Waals surface area (Å²) in [6.45, 7) is 4.08. The van der Waals surface area contributed by atoms with Gasteiger partial charge in [0.05, 0.1) is 28.9 Å². The number of anilines is 1. The largest absolute Gasteiger partial charge is 0.494 e. The van der Waals surface area contributed by atoms with E-state index >= 15 is 0 Å². The van der Waals surface area contributed by atoms with Crippen LogP contribution in [-0.2, 0) is 17.6 Å². The average molecular weight is 412 g/mol. The van der Waals surface area contributed by atoms with Crippen molar-refractivity contribution in [3.05, 3.63) is 50.7 Å². The molecule has 0 unspecified atom stereocenters. The number of nitro benzene ring substituents is 1. The Labute approximate surface area is 172 Å². The Hall–Kier alpha value is -3.12. The summed E-state index contributed by atoms with van der Waals surface area (Å²) in [5.41, 5.74) is 3.42. The summed E-state index contributed by atoms with van der Waals surface area (Å²) in [7, 11) is 0. The third kappa shape index (κ3) is 4.49. The molecule has 1 aromatic carbocycles. The number of benzene rings is 1. The molecular weight excluding hydrogens is 392 g/mol. The SMILES string of the molecule is CCOc1ccc(NC(=O)CSc2nc3c(c(C)c2C#N)CCC3)c([N+](=O)[O-])c1. The number of nitrogens with one attached hydrogen (secondary N) is 1. The molecule has 9 heteroatoms. The second-order valence-corrected chi connectivity index (χ2v) is 7.48. The molecule has 0 aliphatic heterocycles. The van der Waals surface area contributed by atoms with Gasteiger partial charge >= 0.3 is 0 Å². The van der Waals surface area contributed by atoms with Crippen molar-refractivity contribution in [1.29, 1.82) is 5.26 Å². The Morgan fingerprint density at radius 1 is 1.45 bits per heavy atom. The highest BCUT2D eigenvalue weighted by Gasteiger charge is 2.22. The lowest BCUT2D eigenvalue weighted by atomic mass is 10.0. The van der Waals surface area contributed by atoms with Crippen LogP contribution in [0.5, 0.6) is 5.75 Å². The molecule has 0 radical (unpaired) electrons. The van der Waals surface area contributed by atoms with E-state index in [1.807, 2.05) is 6.92 Å². The first-order valence-electron chi connectivity index (χ1n) is 9.21. The van der Waals surface area contributed by atoms with E-state index in [2.05, 4.69) is 16.4 Å². The zero-order chi connectivity index (χ0) is 21.0. The smallest absolute Gasteiger partial charge is 0.296 e. The van der Waals surface area contributed by atoms with Gasteiger partial charge in [-0.2, -0.15) is 5.26 Å². The molecule has 1 N–H and O–H groups in total. The Morgan fingerprint density at radius 3 is 2.93 bits per heavy atom. The van der Waals surface area contributed by atoms with Gasteiger partial charge in [-0.1, -0.05) is 11.8 Å². The van der Waals surface area contributed by atoms with Crippen molar-refractivity contribution in [3.63, 3.8) is 0 Å². The van der Waals surface area contributed by atoms with Gasteiger partial charge in [0.2, 0.25) is 5.91 Å². The van der Waals surface area contributed by atoms with Crippen molar-refractivity contribution < 1.29 is 14.5 Å². The fourth-order valence-corrected chi connectivity index (χ4v) is 4.18. The van der Waals surface area contributed by atoms with Crippen LogP contribution in [0.3, 0.4) is 0 Å². The molecule has 0 spiro atoms. The molecular formula is C20H20N4O4S. The molecule has 150 valence electrons. The van der Waals surface area contributed by atoms with Crippen molar-refractivity contribution in [2.45, 2.75) is 38.1 Å². The fourth-order valence-electron chi connectivity index (χ4n) is 3.33. The molecule has 0 saturated carbocycles. The Bertz CT molecular complexity index is 1020. The molecule has 2 aromatic rings. The van der Waals surface area contributed by atoms with E-state index in [1.54, 1.807) is 13.0 Å². The summed E-state index contributed by atoms with van der Waals surface area (Å²) in [6, 6.07) is 6.49. The quantitative estimate of drug-likeness (QED) is 0.417. The van der Waals surface area contributed by atoms with Crippen LogP contribution in [0.2, 0.25) is 0 Å². The second-order valence-electron chi connectivity index (χ2n) is 6.51. The highest BCUT2D eigenvalue weighted by molar-refractivity contribution is 8.00. The van der Waals surface area contributed by atoms with Gasteiger partial charge in [-0.3, -0.25) is 14.9 Å². The van der Waals surface area contributed by atoms with Gasteiger partial charge in [0, 0.05) is 5.69 Å². The molecule has 0 bridgehead atoms. The summed E-state index contributed by atoms with van der Waals surface area (Å²) >= 11 is 1.16. The number of carbonyl (C=O) groups is 1. The Balaban J connectivity index is 1.74. The van der Waals surface area contributed by atoms with Crippen LogP contribution in [-0.4, -0.2) is 28.2 Å². The van der Waals surface area contributed by atoms with E-state index in [0.29, 0.717) is 22.9 Å². The standard InChI is InChI=1S/C20H20N4O4S/c1-3-28-13-7-8-17(18(9-13)24(26)27)22-19(25)11-29-20-15(10-21)12(2)14-5-4-6-16(14)23-20/h7-9H,3-6,11H2,1-2H3,(H,22,25). The number of nitriles is 1. The summed E-state index contributed by atoms with van der Waals surface area (Å²) < 4.78 is 5.28. The molecule has 0 fully saturated rings. The Morgan fingerprint density at radius 2 is 2.24 bits per heavy atom. The van der Waals surface area contributed by atoms with Crippen molar-refractivity contribution in [1.82, 2.24) is 4.98 Å². The van der Waals surface area contributed by atoms with Gasteiger partial charge in [0.1, 0.15) is 22.5 Å². The number of ether oxygens (including phenoxy) is 1. The van der Waals surface area contributed by atoms with Gasteiger partial charge in [0.15, 0.2) is 0 Å². The number of aromatic nitrogens is 1. The topological polar surface area (TPSA) is 118 Å². The Kier molecular flexibility index (Phi) is 6.34. The highest BCUT2D eigenvalue weighted by Crippen LogP contribution is 2.32. The zero-order valence-electron chi connectivity index (χ0n) is 16.2. The van der Waals surface area contributed by atoms with Gasteiger partial charge in [-0.05, 0) is 56.4 Å². The molecule has 0 atom stereocenters. The van der Waals surface area contributed by atoms with Gasteiger partial charge in [-0.15, -0.1) is 0 Å². The van der Waals surface area contributed by atoms with Crippen LogP contribution >= 0.6 is 11.8 Å². The van der Waals surface area contributed by atoms with Crippen LogP contribution in [0.4, 0.5) is 11.4 Å². The second kappa shape index (κ2) is 8.92. The third-order valence-electron chi connectivity index (χ3n) is 4.67. The average Bonchev–Trinajstić information content (AvgIpc) is 3.16. The normalized spacial score (nSPS) is 12.2. The van der Waals surface area contributed by atoms with E-state index in [0.717, 1.165) is 47.8 Å². The lowest BCUT2D eigenvalue weighted by Crippen LogP contribution is -2.15. The first kappa shape index (κ1) is 20.6. The molecule has 0 saturated heterocycles. The van der Waals surface area contributed by atoms with Crippen molar-refractivity contribution >= 4 is 29.0 Å². The number of nitrogens with zero attached hydrogens (tertiary/aromatic N) is 3. The summed E-state index contributed by atoms with van der Waals surface area (Å²) in [5, 5.41) is 23.9. The summed E-state index contributed by atoms with van der Waals surface area (Å²) in [6.07, 6.45) is 2.82. The van der Waals surface area contributed by atoms with Crippen LogP contribution in [0.25, 0.3) is 0 Å². The number of hydrogen-bond acceptors (Lipinski definition) is 7. The molecule has 1 heterocycles. The molecule has 1 amide bonds. The van der Waals surface area contributed by atoms with Crippen LogP contribution in [0, 0.1) is 28.4 Å². The number of rotatable bonds is 7. The lowest BCUT2D eigenvalue weighted by Gasteiger charge is -2.11. The maximum Gasteiger partial charge on any atom is 0.296 e. The van der Waals surface area contributed by atoms with Crippen molar-refractivity contribution in [2.75, 3.05) is 17.7 Å². The van der Waals surface area contributed by atoms with Gasteiger partial charge in [0.25, 0.3) is 5.69 Å².